The number of carbonyl (C=O) groups excluding carboxylic acids is 1. The van der Waals surface area contributed by atoms with Crippen molar-refractivity contribution in [2.24, 2.45) is 5.92 Å². The van der Waals surface area contributed by atoms with Gasteiger partial charge in [-0.2, -0.15) is 0 Å². The van der Waals surface area contributed by atoms with Crippen LogP contribution in [0.15, 0.2) is 0 Å². The zero-order valence-corrected chi connectivity index (χ0v) is 10.8. The lowest BCUT2D eigenvalue weighted by atomic mass is 10.1. The fourth-order valence-corrected chi connectivity index (χ4v) is 1.75. The van der Waals surface area contributed by atoms with Gasteiger partial charge >= 0.3 is 5.97 Å². The molecule has 0 spiro atoms. The van der Waals surface area contributed by atoms with E-state index in [1.54, 1.807) is 0 Å². The molecule has 0 aromatic heterocycles. The number of carboxylic acid groups (broad SMARTS) is 1. The van der Waals surface area contributed by atoms with Gasteiger partial charge in [0.2, 0.25) is 5.91 Å². The van der Waals surface area contributed by atoms with Crippen molar-refractivity contribution in [2.75, 3.05) is 18.1 Å². The lowest BCUT2D eigenvalue weighted by Crippen LogP contribution is -2.26. The summed E-state index contributed by atoms with van der Waals surface area (Å²) in [4.78, 5) is 21.4. The Morgan fingerprint density at radius 3 is 2.50 bits per heavy atom. The first-order chi connectivity index (χ1) is 7.52. The Hall–Kier alpha value is -0.710. The first kappa shape index (κ1) is 15.3. The predicted molar refractivity (Wildman–Crippen MR) is 66.7 cm³/mol. The minimum atomic E-state index is -0.880. The van der Waals surface area contributed by atoms with Crippen LogP contribution in [-0.4, -0.2) is 35.0 Å². The zero-order valence-electron chi connectivity index (χ0n) is 9.99. The van der Waals surface area contributed by atoms with E-state index in [9.17, 15) is 9.59 Å². The number of thioether (sulfide) groups is 1. The molecule has 0 aliphatic heterocycles. The number of carbonyl (C=O) groups is 2. The van der Waals surface area contributed by atoms with Crippen molar-refractivity contribution in [1.29, 1.82) is 0 Å². The van der Waals surface area contributed by atoms with Gasteiger partial charge in [-0.3, -0.25) is 9.59 Å². The van der Waals surface area contributed by atoms with Crippen LogP contribution in [0.4, 0.5) is 0 Å². The van der Waals surface area contributed by atoms with Crippen molar-refractivity contribution in [3.63, 3.8) is 0 Å². The van der Waals surface area contributed by atoms with Crippen molar-refractivity contribution >= 4 is 23.6 Å². The number of rotatable bonds is 9. The number of unbranched alkanes of at least 4 members (excludes halogenated alkanes) is 1. The molecule has 0 aliphatic carbocycles. The first-order valence-corrected chi connectivity index (χ1v) is 6.74. The molecule has 0 saturated carbocycles. The molecule has 0 aromatic rings. The minimum absolute atomic E-state index is 0.0131. The Morgan fingerprint density at radius 2 is 1.94 bits per heavy atom. The molecular weight excluding hydrogens is 226 g/mol. The molecule has 0 saturated heterocycles. The van der Waals surface area contributed by atoms with Gasteiger partial charge in [0.15, 0.2) is 0 Å². The second kappa shape index (κ2) is 9.51. The van der Waals surface area contributed by atoms with Crippen LogP contribution in [0.1, 0.15) is 33.1 Å². The summed E-state index contributed by atoms with van der Waals surface area (Å²) in [5.41, 5.74) is 0. The van der Waals surface area contributed by atoms with E-state index < -0.39 is 5.97 Å². The van der Waals surface area contributed by atoms with Crippen LogP contribution >= 0.6 is 11.8 Å². The summed E-state index contributed by atoms with van der Waals surface area (Å²) in [6.45, 7) is 5.06. The highest BCUT2D eigenvalue weighted by atomic mass is 32.2. The van der Waals surface area contributed by atoms with Crippen LogP contribution in [-0.2, 0) is 9.59 Å². The Morgan fingerprint density at radius 1 is 1.25 bits per heavy atom. The van der Waals surface area contributed by atoms with E-state index >= 15 is 0 Å². The molecule has 2 N–H and O–H groups in total. The molecule has 0 aliphatic rings. The fourth-order valence-electron chi connectivity index (χ4n) is 1.19. The molecule has 16 heavy (non-hydrogen) atoms. The van der Waals surface area contributed by atoms with Crippen LogP contribution in [0, 0.1) is 5.92 Å². The number of aliphatic carboxylic acids is 1. The summed E-state index contributed by atoms with van der Waals surface area (Å²) in [6, 6.07) is 0. The highest BCUT2D eigenvalue weighted by Gasteiger charge is 2.03. The van der Waals surface area contributed by atoms with Gasteiger partial charge < -0.3 is 10.4 Å². The van der Waals surface area contributed by atoms with Gasteiger partial charge in [-0.15, -0.1) is 11.8 Å². The van der Waals surface area contributed by atoms with Gasteiger partial charge in [0.1, 0.15) is 0 Å². The first-order valence-electron chi connectivity index (χ1n) is 5.58. The van der Waals surface area contributed by atoms with E-state index in [1.807, 2.05) is 0 Å². The molecule has 4 nitrogen and oxygen atoms in total. The van der Waals surface area contributed by atoms with E-state index in [1.165, 1.54) is 6.42 Å². The fraction of sp³-hybridized carbons (Fsp3) is 0.818. The summed E-state index contributed by atoms with van der Waals surface area (Å²) in [5, 5.41) is 11.1. The van der Waals surface area contributed by atoms with Crippen LogP contribution in [0.25, 0.3) is 0 Å². The largest absolute Gasteiger partial charge is 0.481 e. The lowest BCUT2D eigenvalue weighted by Gasteiger charge is -2.06. The molecule has 0 fully saturated rings. The van der Waals surface area contributed by atoms with Crippen molar-refractivity contribution in [1.82, 2.24) is 5.32 Å². The third-order valence-electron chi connectivity index (χ3n) is 1.99. The molecule has 0 radical (unpaired) electrons. The van der Waals surface area contributed by atoms with Crippen LogP contribution < -0.4 is 5.32 Å². The predicted octanol–water partition coefficient (Wildman–Crippen LogP) is 1.75. The third kappa shape index (κ3) is 11.4. The van der Waals surface area contributed by atoms with Gasteiger partial charge in [-0.05, 0) is 12.3 Å². The summed E-state index contributed by atoms with van der Waals surface area (Å²) in [7, 11) is 0. The van der Waals surface area contributed by atoms with Crippen LogP contribution in [0.5, 0.6) is 0 Å². The number of hydrogen-bond donors (Lipinski definition) is 2. The average molecular weight is 247 g/mol. The third-order valence-corrected chi connectivity index (χ3v) is 2.91. The second-order valence-electron chi connectivity index (χ2n) is 4.13. The number of carboxylic acids is 1. The summed E-state index contributed by atoms with van der Waals surface area (Å²) in [6.07, 6.45) is 3.30. The molecule has 0 bridgehead atoms. The van der Waals surface area contributed by atoms with Crippen molar-refractivity contribution in [3.8, 4) is 0 Å². The Balaban J connectivity index is 3.27. The maximum Gasteiger partial charge on any atom is 0.313 e. The summed E-state index contributed by atoms with van der Waals surface area (Å²) >= 11 is 1.13. The number of hydrogen-bond acceptors (Lipinski definition) is 3. The van der Waals surface area contributed by atoms with Gasteiger partial charge in [-0.25, -0.2) is 0 Å². The molecular formula is C11H21NO3S. The normalized spacial score (nSPS) is 10.4. The Kier molecular flexibility index (Phi) is 9.09. The summed E-state index contributed by atoms with van der Waals surface area (Å²) in [5.74, 6) is -0.0237. The molecule has 0 aromatic carbocycles. The standard InChI is InChI=1S/C11H21NO3S/c1-9(2)5-3-4-6-12-10(13)7-16-8-11(14)15/h9H,3-8H2,1-2H3,(H,12,13)(H,14,15). The number of amides is 1. The molecule has 0 atom stereocenters. The molecule has 1 amide bonds. The van der Waals surface area contributed by atoms with Gasteiger partial charge in [0.25, 0.3) is 0 Å². The molecule has 0 heterocycles. The summed E-state index contributed by atoms with van der Waals surface area (Å²) < 4.78 is 0. The maximum atomic E-state index is 11.2. The Bertz CT molecular complexity index is 219. The maximum absolute atomic E-state index is 11.2. The smallest absolute Gasteiger partial charge is 0.313 e. The monoisotopic (exact) mass is 247 g/mol. The van der Waals surface area contributed by atoms with E-state index in [0.29, 0.717) is 12.5 Å². The highest BCUT2D eigenvalue weighted by Crippen LogP contribution is 2.05. The van der Waals surface area contributed by atoms with Gasteiger partial charge in [-0.1, -0.05) is 26.7 Å². The second-order valence-corrected chi connectivity index (χ2v) is 5.11. The van der Waals surface area contributed by atoms with E-state index in [0.717, 1.165) is 24.6 Å². The van der Waals surface area contributed by atoms with Gasteiger partial charge in [0.05, 0.1) is 11.5 Å². The SMILES string of the molecule is CC(C)CCCCNC(=O)CSCC(=O)O. The van der Waals surface area contributed by atoms with Crippen LogP contribution in [0.3, 0.4) is 0 Å². The average Bonchev–Trinajstić information content (AvgIpc) is 2.16. The zero-order chi connectivity index (χ0) is 12.4. The van der Waals surface area contributed by atoms with Crippen LogP contribution in [0.2, 0.25) is 0 Å². The highest BCUT2D eigenvalue weighted by molar-refractivity contribution is 8.00. The van der Waals surface area contributed by atoms with E-state index in [2.05, 4.69) is 19.2 Å². The van der Waals surface area contributed by atoms with Crippen molar-refractivity contribution < 1.29 is 14.7 Å². The molecule has 0 rings (SSSR count). The molecule has 5 heteroatoms. The molecule has 0 unspecified atom stereocenters. The van der Waals surface area contributed by atoms with E-state index in [4.69, 9.17) is 5.11 Å². The quantitative estimate of drug-likeness (QED) is 0.609. The minimum Gasteiger partial charge on any atom is -0.481 e. The van der Waals surface area contributed by atoms with Crippen molar-refractivity contribution in [3.05, 3.63) is 0 Å². The lowest BCUT2D eigenvalue weighted by molar-refractivity contribution is -0.133. The Labute approximate surface area is 101 Å². The topological polar surface area (TPSA) is 66.4 Å². The van der Waals surface area contributed by atoms with Gasteiger partial charge in [0, 0.05) is 6.54 Å². The molecule has 94 valence electrons. The number of nitrogens with one attached hydrogen (secondary N) is 1. The van der Waals surface area contributed by atoms with Crippen molar-refractivity contribution in [2.45, 2.75) is 33.1 Å². The van der Waals surface area contributed by atoms with E-state index in [-0.39, 0.29) is 17.4 Å².